The van der Waals surface area contributed by atoms with Gasteiger partial charge in [0, 0.05) is 6.04 Å². The van der Waals surface area contributed by atoms with Crippen LogP contribution in [-0.4, -0.2) is 35.4 Å². The highest BCUT2D eigenvalue weighted by atomic mass is 16.3. The maximum Gasteiger partial charge on any atom is 0.241 e. The molecule has 84 valence electrons. The second-order valence-corrected chi connectivity index (χ2v) is 3.21. The number of aliphatic hydroxyl groups is 2. The molecule has 0 aliphatic heterocycles. The van der Waals surface area contributed by atoms with Crippen LogP contribution in [0.5, 0.6) is 0 Å². The van der Waals surface area contributed by atoms with Crippen molar-refractivity contribution in [3.8, 4) is 0 Å². The van der Waals surface area contributed by atoms with Gasteiger partial charge in [-0.2, -0.15) is 0 Å². The molecule has 0 spiro atoms. The van der Waals surface area contributed by atoms with E-state index in [4.69, 9.17) is 10.2 Å². The van der Waals surface area contributed by atoms with E-state index >= 15 is 0 Å². The summed E-state index contributed by atoms with van der Waals surface area (Å²) in [4.78, 5) is 11.2. The molecule has 0 bridgehead atoms. The van der Waals surface area contributed by atoms with Crippen molar-refractivity contribution < 1.29 is 15.0 Å². The Labute approximate surface area is 84.5 Å². The van der Waals surface area contributed by atoms with Crippen molar-refractivity contribution in [3.63, 3.8) is 0 Å². The van der Waals surface area contributed by atoms with E-state index in [0.717, 1.165) is 12.8 Å². The number of aliphatic hydroxyl groups excluding tert-OH is 2. The Morgan fingerprint density at radius 3 is 2.07 bits per heavy atom. The first-order valence-electron chi connectivity index (χ1n) is 4.96. The molecule has 1 amide bonds. The van der Waals surface area contributed by atoms with Crippen molar-refractivity contribution in [2.45, 2.75) is 32.7 Å². The second kappa shape index (κ2) is 7.73. The Morgan fingerprint density at radius 1 is 1.21 bits per heavy atom. The maximum atomic E-state index is 11.2. The predicted molar refractivity (Wildman–Crippen MR) is 53.3 cm³/mol. The molecule has 5 heteroatoms. The third-order valence-corrected chi connectivity index (χ3v) is 2.20. The molecule has 14 heavy (non-hydrogen) atoms. The number of amides is 1. The normalized spacial score (nSPS) is 11.0. The molecule has 0 unspecified atom stereocenters. The van der Waals surface area contributed by atoms with Crippen molar-refractivity contribution in [2.75, 3.05) is 13.2 Å². The van der Waals surface area contributed by atoms with Gasteiger partial charge < -0.3 is 10.2 Å². The topological polar surface area (TPSA) is 81.6 Å². The van der Waals surface area contributed by atoms with E-state index in [9.17, 15) is 4.79 Å². The Balaban J connectivity index is 3.81. The average molecular weight is 204 g/mol. The largest absolute Gasteiger partial charge is 0.395 e. The van der Waals surface area contributed by atoms with Crippen LogP contribution >= 0.6 is 0 Å². The molecule has 0 fully saturated rings. The molecular weight excluding hydrogens is 184 g/mol. The first kappa shape index (κ1) is 13.4. The standard InChI is InChI=1S/C9H20N2O3/c1-3-8(4-2)10-11-9(14)7(5-12)6-13/h7-8,10,12-13H,3-6H2,1-2H3,(H,11,14). The Kier molecular flexibility index (Phi) is 7.37. The van der Waals surface area contributed by atoms with Gasteiger partial charge in [0.1, 0.15) is 0 Å². The first-order chi connectivity index (χ1) is 6.69. The number of hydrogen-bond acceptors (Lipinski definition) is 4. The number of hydrazine groups is 1. The number of carbonyl (C=O) groups excluding carboxylic acids is 1. The second-order valence-electron chi connectivity index (χ2n) is 3.21. The minimum atomic E-state index is -0.739. The Bertz CT molecular complexity index is 156. The van der Waals surface area contributed by atoms with Gasteiger partial charge in [-0.25, -0.2) is 5.43 Å². The molecule has 0 radical (unpaired) electrons. The quantitative estimate of drug-likeness (QED) is 0.417. The summed E-state index contributed by atoms with van der Waals surface area (Å²) in [6.07, 6.45) is 1.83. The highest BCUT2D eigenvalue weighted by molar-refractivity contribution is 5.78. The zero-order chi connectivity index (χ0) is 11.0. The van der Waals surface area contributed by atoms with Gasteiger partial charge in [0.25, 0.3) is 0 Å². The van der Waals surface area contributed by atoms with Crippen molar-refractivity contribution in [2.24, 2.45) is 5.92 Å². The van der Waals surface area contributed by atoms with Crippen LogP contribution in [0, 0.1) is 5.92 Å². The maximum absolute atomic E-state index is 11.2. The van der Waals surface area contributed by atoms with Gasteiger partial charge in [-0.3, -0.25) is 10.2 Å². The first-order valence-corrected chi connectivity index (χ1v) is 4.96. The Morgan fingerprint density at radius 2 is 1.71 bits per heavy atom. The summed E-state index contributed by atoms with van der Waals surface area (Å²) in [6, 6.07) is 0.233. The molecule has 0 aliphatic rings. The van der Waals surface area contributed by atoms with Crippen molar-refractivity contribution in [3.05, 3.63) is 0 Å². The van der Waals surface area contributed by atoms with Crippen LogP contribution < -0.4 is 10.9 Å². The van der Waals surface area contributed by atoms with Gasteiger partial charge in [0.15, 0.2) is 0 Å². The molecule has 0 heterocycles. The molecular formula is C9H20N2O3. The molecule has 0 saturated carbocycles. The van der Waals surface area contributed by atoms with Crippen LogP contribution in [0.2, 0.25) is 0 Å². The van der Waals surface area contributed by atoms with Crippen molar-refractivity contribution in [1.82, 2.24) is 10.9 Å². The van der Waals surface area contributed by atoms with Crippen LogP contribution in [0.3, 0.4) is 0 Å². The summed E-state index contributed by atoms with van der Waals surface area (Å²) in [5.74, 6) is -1.11. The zero-order valence-electron chi connectivity index (χ0n) is 8.79. The average Bonchev–Trinajstić information content (AvgIpc) is 2.21. The minimum absolute atomic E-state index is 0.233. The number of rotatable bonds is 7. The molecule has 0 aromatic heterocycles. The molecule has 0 rings (SSSR count). The van der Waals surface area contributed by atoms with E-state index in [1.54, 1.807) is 0 Å². The van der Waals surface area contributed by atoms with Crippen LogP contribution in [0.15, 0.2) is 0 Å². The lowest BCUT2D eigenvalue weighted by Crippen LogP contribution is -2.47. The summed E-state index contributed by atoms with van der Waals surface area (Å²) in [5, 5.41) is 17.5. The highest BCUT2D eigenvalue weighted by Gasteiger charge is 2.16. The van der Waals surface area contributed by atoms with E-state index in [2.05, 4.69) is 10.9 Å². The van der Waals surface area contributed by atoms with Gasteiger partial charge in [0.05, 0.1) is 19.1 Å². The van der Waals surface area contributed by atoms with Gasteiger partial charge in [-0.15, -0.1) is 0 Å². The van der Waals surface area contributed by atoms with Gasteiger partial charge in [-0.05, 0) is 12.8 Å². The summed E-state index contributed by atoms with van der Waals surface area (Å²) in [6.45, 7) is 3.35. The van der Waals surface area contributed by atoms with E-state index < -0.39 is 5.92 Å². The van der Waals surface area contributed by atoms with Crippen molar-refractivity contribution >= 4 is 5.91 Å². The monoisotopic (exact) mass is 204 g/mol. The number of carbonyl (C=O) groups is 1. The van der Waals surface area contributed by atoms with Crippen LogP contribution in [0.1, 0.15) is 26.7 Å². The van der Waals surface area contributed by atoms with E-state index in [1.807, 2.05) is 13.8 Å². The fourth-order valence-electron chi connectivity index (χ4n) is 0.992. The lowest BCUT2D eigenvalue weighted by atomic mass is 10.1. The molecule has 0 aliphatic carbocycles. The van der Waals surface area contributed by atoms with Gasteiger partial charge in [-0.1, -0.05) is 13.8 Å². The highest BCUT2D eigenvalue weighted by Crippen LogP contribution is 1.95. The van der Waals surface area contributed by atoms with Gasteiger partial charge in [0.2, 0.25) is 5.91 Å². The summed E-state index contributed by atoms with van der Waals surface area (Å²) < 4.78 is 0. The van der Waals surface area contributed by atoms with Crippen LogP contribution in [-0.2, 0) is 4.79 Å². The summed E-state index contributed by atoms with van der Waals surface area (Å²) in [7, 11) is 0. The summed E-state index contributed by atoms with van der Waals surface area (Å²) in [5.41, 5.74) is 5.32. The smallest absolute Gasteiger partial charge is 0.241 e. The zero-order valence-corrected chi connectivity index (χ0v) is 8.79. The number of hydrogen-bond donors (Lipinski definition) is 4. The minimum Gasteiger partial charge on any atom is -0.395 e. The van der Waals surface area contributed by atoms with Crippen molar-refractivity contribution in [1.29, 1.82) is 0 Å². The third-order valence-electron chi connectivity index (χ3n) is 2.20. The fraction of sp³-hybridized carbons (Fsp3) is 0.889. The molecule has 4 N–H and O–H groups in total. The molecule has 0 aromatic rings. The fourth-order valence-corrected chi connectivity index (χ4v) is 0.992. The van der Waals surface area contributed by atoms with E-state index in [0.29, 0.717) is 0 Å². The number of nitrogens with one attached hydrogen (secondary N) is 2. The lowest BCUT2D eigenvalue weighted by molar-refractivity contribution is -0.128. The van der Waals surface area contributed by atoms with E-state index in [-0.39, 0.29) is 25.2 Å². The SMILES string of the molecule is CCC(CC)NNC(=O)C(CO)CO. The third kappa shape index (κ3) is 4.55. The summed E-state index contributed by atoms with van der Waals surface area (Å²) >= 11 is 0. The molecule has 5 nitrogen and oxygen atoms in total. The molecule has 0 atom stereocenters. The molecule has 0 aromatic carbocycles. The van der Waals surface area contributed by atoms with Crippen LogP contribution in [0.25, 0.3) is 0 Å². The predicted octanol–water partition coefficient (Wildman–Crippen LogP) is -0.603. The Hall–Kier alpha value is -0.650. The van der Waals surface area contributed by atoms with Crippen LogP contribution in [0.4, 0.5) is 0 Å². The molecule has 0 saturated heterocycles. The van der Waals surface area contributed by atoms with E-state index in [1.165, 1.54) is 0 Å². The van der Waals surface area contributed by atoms with Gasteiger partial charge >= 0.3 is 0 Å². The lowest BCUT2D eigenvalue weighted by Gasteiger charge is -2.17.